The number of hydrogen-bond donors (Lipinski definition) is 2. The van der Waals surface area contributed by atoms with E-state index in [0.717, 1.165) is 5.56 Å². The number of carbonyl (C=O) groups is 2. The summed E-state index contributed by atoms with van der Waals surface area (Å²) in [5.41, 5.74) is 0.974. The van der Waals surface area contributed by atoms with Crippen LogP contribution in [-0.4, -0.2) is 39.6 Å². The molecule has 1 aromatic carbocycles. The quantitative estimate of drug-likeness (QED) is 0.769. The van der Waals surface area contributed by atoms with Gasteiger partial charge in [-0.3, -0.25) is 14.5 Å². The normalized spacial score (nSPS) is 14.1. The number of hydrogen-bond acceptors (Lipinski definition) is 3. The molecule has 2 unspecified atom stereocenters. The van der Waals surface area contributed by atoms with E-state index >= 15 is 0 Å². The van der Waals surface area contributed by atoms with Crippen molar-refractivity contribution < 1.29 is 19.8 Å². The molecule has 0 saturated carbocycles. The van der Waals surface area contributed by atoms with Gasteiger partial charge in [-0.15, -0.1) is 0 Å². The van der Waals surface area contributed by atoms with Crippen molar-refractivity contribution in [2.45, 2.75) is 33.4 Å². The van der Waals surface area contributed by atoms with Gasteiger partial charge < -0.3 is 10.2 Å². The minimum atomic E-state index is -0.918. The van der Waals surface area contributed by atoms with Crippen molar-refractivity contribution in [1.29, 1.82) is 0 Å². The van der Waals surface area contributed by atoms with Gasteiger partial charge >= 0.3 is 11.9 Å². The lowest BCUT2D eigenvalue weighted by Gasteiger charge is -2.32. The van der Waals surface area contributed by atoms with Crippen molar-refractivity contribution >= 4 is 11.9 Å². The van der Waals surface area contributed by atoms with Gasteiger partial charge in [0.1, 0.15) is 6.04 Å². The summed E-state index contributed by atoms with van der Waals surface area (Å²) >= 11 is 0. The fourth-order valence-corrected chi connectivity index (χ4v) is 2.39. The molecule has 0 aliphatic heterocycles. The maximum Gasteiger partial charge on any atom is 0.321 e. The highest BCUT2D eigenvalue weighted by Gasteiger charge is 2.31. The van der Waals surface area contributed by atoms with Gasteiger partial charge in [-0.1, -0.05) is 51.1 Å². The van der Waals surface area contributed by atoms with E-state index < -0.39 is 23.9 Å². The Hall–Kier alpha value is -1.88. The third-order valence-corrected chi connectivity index (χ3v) is 3.44. The number of carboxylic acid groups (broad SMARTS) is 2. The molecular weight excluding hydrogens is 270 g/mol. The van der Waals surface area contributed by atoms with Crippen LogP contribution in [0.25, 0.3) is 0 Å². The van der Waals surface area contributed by atoms with Crippen LogP contribution in [-0.2, 0) is 16.1 Å². The summed E-state index contributed by atoms with van der Waals surface area (Å²) in [6.07, 6.45) is 0. The number of carboxylic acids is 2. The molecule has 0 fully saturated rings. The molecule has 116 valence electrons. The van der Waals surface area contributed by atoms with Crippen LogP contribution in [0, 0.1) is 11.8 Å². The molecule has 2 atom stereocenters. The van der Waals surface area contributed by atoms with Crippen LogP contribution >= 0.6 is 0 Å². The summed E-state index contributed by atoms with van der Waals surface area (Å²) in [5.74, 6) is -2.55. The van der Waals surface area contributed by atoms with Crippen LogP contribution in [0.3, 0.4) is 0 Å². The zero-order valence-electron chi connectivity index (χ0n) is 12.7. The average molecular weight is 293 g/mol. The number of rotatable bonds is 8. The second-order valence-electron chi connectivity index (χ2n) is 5.68. The highest BCUT2D eigenvalue weighted by molar-refractivity contribution is 5.74. The predicted octanol–water partition coefficient (Wildman–Crippen LogP) is 2.32. The van der Waals surface area contributed by atoms with E-state index in [2.05, 4.69) is 0 Å². The first kappa shape index (κ1) is 17.2. The molecule has 0 amide bonds. The Bertz CT molecular complexity index is 472. The lowest BCUT2D eigenvalue weighted by Crippen LogP contribution is -2.47. The Morgan fingerprint density at radius 1 is 1.05 bits per heavy atom. The van der Waals surface area contributed by atoms with Gasteiger partial charge in [-0.2, -0.15) is 0 Å². The summed E-state index contributed by atoms with van der Waals surface area (Å²) in [6.45, 7) is 5.90. The van der Waals surface area contributed by atoms with Gasteiger partial charge in [-0.25, -0.2) is 0 Å². The van der Waals surface area contributed by atoms with Crippen LogP contribution in [0.2, 0.25) is 0 Å². The van der Waals surface area contributed by atoms with E-state index in [0.29, 0.717) is 6.54 Å². The Labute approximate surface area is 125 Å². The highest BCUT2D eigenvalue weighted by atomic mass is 16.4. The Morgan fingerprint density at radius 2 is 1.62 bits per heavy atom. The Kier molecular flexibility index (Phi) is 6.37. The van der Waals surface area contributed by atoms with Crippen molar-refractivity contribution in [3.8, 4) is 0 Å². The summed E-state index contributed by atoms with van der Waals surface area (Å²) in [4.78, 5) is 24.3. The van der Waals surface area contributed by atoms with Gasteiger partial charge in [0.15, 0.2) is 0 Å². The standard InChI is InChI=1S/C16H23NO4/c1-11(2)14(16(20)21)17(9-12(3)15(18)19)10-13-7-5-4-6-8-13/h4-8,11-12,14H,9-10H2,1-3H3,(H,18,19)(H,20,21). The van der Waals surface area contributed by atoms with Crippen LogP contribution in [0.4, 0.5) is 0 Å². The first-order valence-corrected chi connectivity index (χ1v) is 7.06. The van der Waals surface area contributed by atoms with Crippen molar-refractivity contribution in [2.24, 2.45) is 11.8 Å². The van der Waals surface area contributed by atoms with E-state index in [-0.39, 0.29) is 12.5 Å². The van der Waals surface area contributed by atoms with Gasteiger partial charge in [0, 0.05) is 13.1 Å². The smallest absolute Gasteiger partial charge is 0.321 e. The molecule has 0 aromatic heterocycles. The summed E-state index contributed by atoms with van der Waals surface area (Å²) < 4.78 is 0. The van der Waals surface area contributed by atoms with Crippen molar-refractivity contribution in [1.82, 2.24) is 4.90 Å². The third-order valence-electron chi connectivity index (χ3n) is 3.44. The SMILES string of the molecule is CC(CN(Cc1ccccc1)C(C(=O)O)C(C)C)C(=O)O. The number of aliphatic carboxylic acids is 2. The molecule has 0 aliphatic carbocycles. The van der Waals surface area contributed by atoms with Crippen LogP contribution in [0.1, 0.15) is 26.3 Å². The minimum absolute atomic E-state index is 0.104. The molecule has 0 saturated heterocycles. The fraction of sp³-hybridized carbons (Fsp3) is 0.500. The van der Waals surface area contributed by atoms with Gasteiger partial charge in [-0.05, 0) is 11.5 Å². The molecule has 5 heteroatoms. The lowest BCUT2D eigenvalue weighted by atomic mass is 10.00. The second kappa shape index (κ2) is 7.78. The molecule has 0 radical (unpaired) electrons. The highest BCUT2D eigenvalue weighted by Crippen LogP contribution is 2.17. The molecule has 1 rings (SSSR count). The average Bonchev–Trinajstić information content (AvgIpc) is 2.38. The van der Waals surface area contributed by atoms with Crippen molar-refractivity contribution in [2.75, 3.05) is 6.54 Å². The molecule has 2 N–H and O–H groups in total. The maximum absolute atomic E-state index is 11.5. The zero-order valence-corrected chi connectivity index (χ0v) is 12.7. The monoisotopic (exact) mass is 293 g/mol. The minimum Gasteiger partial charge on any atom is -0.481 e. The number of nitrogens with zero attached hydrogens (tertiary/aromatic N) is 1. The third kappa shape index (κ3) is 5.19. The first-order valence-electron chi connectivity index (χ1n) is 7.06. The number of benzene rings is 1. The molecule has 21 heavy (non-hydrogen) atoms. The molecule has 0 aliphatic rings. The molecule has 1 aromatic rings. The van der Waals surface area contributed by atoms with E-state index in [9.17, 15) is 14.7 Å². The first-order chi connectivity index (χ1) is 9.82. The lowest BCUT2D eigenvalue weighted by molar-refractivity contribution is -0.149. The topological polar surface area (TPSA) is 77.8 Å². The van der Waals surface area contributed by atoms with Gasteiger partial charge in [0.2, 0.25) is 0 Å². The molecule has 0 heterocycles. The Morgan fingerprint density at radius 3 is 2.05 bits per heavy atom. The van der Waals surface area contributed by atoms with Gasteiger partial charge in [0.05, 0.1) is 5.92 Å². The van der Waals surface area contributed by atoms with Gasteiger partial charge in [0.25, 0.3) is 0 Å². The summed E-state index contributed by atoms with van der Waals surface area (Å²) in [6, 6.07) is 8.80. The van der Waals surface area contributed by atoms with E-state index in [1.54, 1.807) is 11.8 Å². The molecule has 0 bridgehead atoms. The molecule has 5 nitrogen and oxygen atoms in total. The fourth-order valence-electron chi connectivity index (χ4n) is 2.39. The summed E-state index contributed by atoms with van der Waals surface area (Å²) in [5, 5.41) is 18.5. The largest absolute Gasteiger partial charge is 0.481 e. The predicted molar refractivity (Wildman–Crippen MR) is 79.9 cm³/mol. The summed E-state index contributed by atoms with van der Waals surface area (Å²) in [7, 11) is 0. The van der Waals surface area contributed by atoms with Crippen LogP contribution in [0.5, 0.6) is 0 Å². The van der Waals surface area contributed by atoms with E-state index in [4.69, 9.17) is 5.11 Å². The molecule has 0 spiro atoms. The van der Waals surface area contributed by atoms with E-state index in [1.807, 2.05) is 44.2 Å². The maximum atomic E-state index is 11.5. The molecular formula is C16H23NO4. The zero-order chi connectivity index (χ0) is 16.0. The Balaban J connectivity index is 2.98. The second-order valence-corrected chi connectivity index (χ2v) is 5.68. The van der Waals surface area contributed by atoms with Crippen molar-refractivity contribution in [3.05, 3.63) is 35.9 Å². The van der Waals surface area contributed by atoms with Crippen LogP contribution in [0.15, 0.2) is 30.3 Å². The van der Waals surface area contributed by atoms with Crippen molar-refractivity contribution in [3.63, 3.8) is 0 Å². The van der Waals surface area contributed by atoms with Crippen LogP contribution < -0.4 is 0 Å². The van der Waals surface area contributed by atoms with E-state index in [1.165, 1.54) is 0 Å².